The third-order valence-electron chi connectivity index (χ3n) is 7.91. The number of nitrogens with zero attached hydrogens (tertiary/aromatic N) is 1. The number of amides is 2. The van der Waals surface area contributed by atoms with E-state index in [2.05, 4.69) is 5.32 Å². The lowest BCUT2D eigenvalue weighted by atomic mass is 9.59. The number of ketones is 1. The molecule has 6 atom stereocenters. The molecule has 6 nitrogen and oxygen atoms in total. The van der Waals surface area contributed by atoms with E-state index < -0.39 is 0 Å². The largest absolute Gasteiger partial charge is 0.508 e. The summed E-state index contributed by atoms with van der Waals surface area (Å²) >= 11 is 0. The van der Waals surface area contributed by atoms with Crippen molar-refractivity contribution in [3.63, 3.8) is 0 Å². The quantitative estimate of drug-likeness (QED) is 0.576. The minimum absolute atomic E-state index is 0.0155. The monoisotopic (exact) mass is 416 g/mol. The first-order valence-corrected chi connectivity index (χ1v) is 11.1. The van der Waals surface area contributed by atoms with Crippen LogP contribution in [-0.4, -0.2) is 29.2 Å². The molecule has 2 aromatic carbocycles. The predicted molar refractivity (Wildman–Crippen MR) is 115 cm³/mol. The third-order valence-corrected chi connectivity index (χ3v) is 7.91. The van der Waals surface area contributed by atoms with E-state index in [0.29, 0.717) is 34.9 Å². The number of fused-ring (bicyclic) bond motifs is 1. The lowest BCUT2D eigenvalue weighted by Gasteiger charge is -2.42. The highest BCUT2D eigenvalue weighted by atomic mass is 16.3. The fraction of sp³-hybridized carbons (Fsp3) is 0.400. The van der Waals surface area contributed by atoms with Gasteiger partial charge in [0.1, 0.15) is 5.75 Å². The van der Waals surface area contributed by atoms with Crippen LogP contribution in [0.1, 0.15) is 29.6 Å². The van der Waals surface area contributed by atoms with Crippen molar-refractivity contribution >= 4 is 29.0 Å². The first kappa shape index (κ1) is 18.6. The number of anilines is 2. The molecule has 1 aliphatic heterocycles. The van der Waals surface area contributed by atoms with E-state index in [-0.39, 0.29) is 41.7 Å². The zero-order valence-electron chi connectivity index (χ0n) is 17.0. The molecular weight excluding hydrogens is 392 g/mol. The molecule has 6 heteroatoms. The number of phenolic OH excluding ortho intramolecular Hbond substituents is 1. The first-order valence-electron chi connectivity index (χ1n) is 11.1. The van der Waals surface area contributed by atoms with Crippen LogP contribution in [0.3, 0.4) is 0 Å². The SMILES string of the molecule is O=C(CNc1ccc(N2C(=O)C3C4CCC(C5CC54)C3C2=O)cc1)c1ccc(O)cc1. The number of imide groups is 1. The molecule has 2 bridgehead atoms. The second kappa shape index (κ2) is 6.67. The second-order valence-corrected chi connectivity index (χ2v) is 9.40. The second-order valence-electron chi connectivity index (χ2n) is 9.40. The third kappa shape index (κ3) is 2.81. The molecule has 0 aromatic heterocycles. The fourth-order valence-corrected chi connectivity index (χ4v) is 6.45. The Kier molecular flexibility index (Phi) is 4.01. The van der Waals surface area contributed by atoms with Gasteiger partial charge in [-0.1, -0.05) is 0 Å². The van der Waals surface area contributed by atoms with Crippen LogP contribution >= 0.6 is 0 Å². The summed E-state index contributed by atoms with van der Waals surface area (Å²) in [6.07, 6.45) is 3.40. The van der Waals surface area contributed by atoms with E-state index in [1.807, 2.05) is 0 Å². The molecule has 5 fully saturated rings. The predicted octanol–water partition coefficient (Wildman–Crippen LogP) is 3.47. The van der Waals surface area contributed by atoms with Gasteiger partial charge in [-0.3, -0.25) is 19.3 Å². The van der Waals surface area contributed by atoms with Crippen molar-refractivity contribution in [3.05, 3.63) is 54.1 Å². The summed E-state index contributed by atoms with van der Waals surface area (Å²) < 4.78 is 0. The van der Waals surface area contributed by atoms with Crippen LogP contribution in [0.4, 0.5) is 11.4 Å². The maximum absolute atomic E-state index is 13.2. The van der Waals surface area contributed by atoms with E-state index in [9.17, 15) is 19.5 Å². The standard InChI is InChI=1S/C25H24N2O4/c28-16-7-1-13(2-8-16)21(29)12-26-14-3-5-15(6-4-14)27-24(30)22-17-9-10-18(20-11-19(17)20)23(22)25(27)31/h1-8,17-20,22-23,26,28H,9-12H2. The number of Topliss-reactive ketones (excluding diaryl/α,β-unsaturated/α-hetero) is 1. The molecule has 7 rings (SSSR count). The molecule has 5 aliphatic rings. The Hall–Kier alpha value is -3.15. The van der Waals surface area contributed by atoms with Crippen LogP contribution in [0, 0.1) is 35.5 Å². The highest BCUT2D eigenvalue weighted by molar-refractivity contribution is 6.22. The van der Waals surface area contributed by atoms with Crippen LogP contribution in [0.15, 0.2) is 48.5 Å². The van der Waals surface area contributed by atoms with Crippen LogP contribution in [0.2, 0.25) is 0 Å². The van der Waals surface area contributed by atoms with E-state index in [0.717, 1.165) is 18.5 Å². The molecule has 1 saturated heterocycles. The van der Waals surface area contributed by atoms with Gasteiger partial charge in [-0.25, -0.2) is 0 Å². The average molecular weight is 416 g/mol. The Morgan fingerprint density at radius 2 is 1.45 bits per heavy atom. The van der Waals surface area contributed by atoms with Crippen LogP contribution in [-0.2, 0) is 9.59 Å². The minimum Gasteiger partial charge on any atom is -0.508 e. The van der Waals surface area contributed by atoms with Gasteiger partial charge < -0.3 is 10.4 Å². The van der Waals surface area contributed by atoms with Crippen molar-refractivity contribution in [2.45, 2.75) is 19.3 Å². The van der Waals surface area contributed by atoms with Crippen molar-refractivity contribution in [1.82, 2.24) is 0 Å². The average Bonchev–Trinajstić information content (AvgIpc) is 3.56. The Bertz CT molecular complexity index is 1040. The van der Waals surface area contributed by atoms with Gasteiger partial charge in [0.2, 0.25) is 11.8 Å². The van der Waals surface area contributed by atoms with E-state index in [1.54, 1.807) is 36.4 Å². The topological polar surface area (TPSA) is 86.7 Å². The minimum atomic E-state index is -0.115. The summed E-state index contributed by atoms with van der Waals surface area (Å²) in [5.74, 6) is 1.91. The normalized spacial score (nSPS) is 32.6. The van der Waals surface area contributed by atoms with Gasteiger partial charge in [-0.15, -0.1) is 0 Å². The van der Waals surface area contributed by atoms with Gasteiger partial charge in [-0.05, 0) is 91.5 Å². The Labute approximate surface area is 180 Å². The molecule has 2 amide bonds. The molecule has 1 heterocycles. The van der Waals surface area contributed by atoms with Crippen molar-refractivity contribution in [1.29, 1.82) is 0 Å². The summed E-state index contributed by atoms with van der Waals surface area (Å²) in [5, 5.41) is 12.4. The lowest BCUT2D eigenvalue weighted by molar-refractivity contribution is -0.129. The van der Waals surface area contributed by atoms with Gasteiger partial charge in [0.25, 0.3) is 0 Å². The molecule has 31 heavy (non-hydrogen) atoms. The number of benzene rings is 2. The maximum atomic E-state index is 13.2. The summed E-state index contributed by atoms with van der Waals surface area (Å²) in [7, 11) is 0. The molecule has 0 spiro atoms. The molecule has 6 unspecified atom stereocenters. The van der Waals surface area contributed by atoms with E-state index in [1.165, 1.54) is 23.5 Å². The van der Waals surface area contributed by atoms with E-state index >= 15 is 0 Å². The number of aromatic hydroxyl groups is 1. The number of rotatable bonds is 5. The molecule has 2 N–H and O–H groups in total. The zero-order valence-corrected chi connectivity index (χ0v) is 17.0. The van der Waals surface area contributed by atoms with Crippen molar-refractivity contribution in [2.24, 2.45) is 35.5 Å². The van der Waals surface area contributed by atoms with Crippen molar-refractivity contribution < 1.29 is 19.5 Å². The highest BCUT2D eigenvalue weighted by Gasteiger charge is 2.68. The molecule has 2 aromatic rings. The molecular formula is C25H24N2O4. The highest BCUT2D eigenvalue weighted by Crippen LogP contribution is 2.68. The van der Waals surface area contributed by atoms with Gasteiger partial charge >= 0.3 is 0 Å². The number of hydrogen-bond donors (Lipinski definition) is 2. The van der Waals surface area contributed by atoms with Crippen LogP contribution in [0.25, 0.3) is 0 Å². The van der Waals surface area contributed by atoms with E-state index in [4.69, 9.17) is 0 Å². The molecule has 0 radical (unpaired) electrons. The maximum Gasteiger partial charge on any atom is 0.237 e. The zero-order chi connectivity index (χ0) is 21.3. The number of carbonyl (C=O) groups is 3. The Balaban J connectivity index is 1.15. The number of hydrogen-bond acceptors (Lipinski definition) is 5. The summed E-state index contributed by atoms with van der Waals surface area (Å²) in [4.78, 5) is 40.1. The number of carbonyl (C=O) groups excluding carboxylic acids is 3. The summed E-state index contributed by atoms with van der Waals surface area (Å²) in [6, 6.07) is 13.3. The van der Waals surface area contributed by atoms with Gasteiger partial charge in [0.05, 0.1) is 24.1 Å². The smallest absolute Gasteiger partial charge is 0.237 e. The van der Waals surface area contributed by atoms with Crippen LogP contribution in [0.5, 0.6) is 5.75 Å². The number of nitrogens with one attached hydrogen (secondary N) is 1. The molecule has 4 aliphatic carbocycles. The van der Waals surface area contributed by atoms with Gasteiger partial charge in [0, 0.05) is 11.3 Å². The molecule has 158 valence electrons. The van der Waals surface area contributed by atoms with Gasteiger partial charge in [-0.2, -0.15) is 0 Å². The number of phenols is 1. The van der Waals surface area contributed by atoms with Gasteiger partial charge in [0.15, 0.2) is 5.78 Å². The Morgan fingerprint density at radius 3 is 2.03 bits per heavy atom. The summed E-state index contributed by atoms with van der Waals surface area (Å²) in [6.45, 7) is 0.113. The Morgan fingerprint density at radius 1 is 0.871 bits per heavy atom. The summed E-state index contributed by atoms with van der Waals surface area (Å²) in [5.41, 5.74) is 1.88. The molecule has 4 saturated carbocycles. The lowest BCUT2D eigenvalue weighted by Crippen LogP contribution is -2.43. The van der Waals surface area contributed by atoms with Crippen LogP contribution < -0.4 is 10.2 Å². The van der Waals surface area contributed by atoms with Crippen molar-refractivity contribution in [2.75, 3.05) is 16.8 Å². The first-order chi connectivity index (χ1) is 15.0. The fourth-order valence-electron chi connectivity index (χ4n) is 6.45. The van der Waals surface area contributed by atoms with Crippen molar-refractivity contribution in [3.8, 4) is 5.75 Å².